The Balaban J connectivity index is 2.02. The summed E-state index contributed by atoms with van der Waals surface area (Å²) in [4.78, 5) is 2.57. The predicted octanol–water partition coefficient (Wildman–Crippen LogP) is 3.06. The number of piperidine rings is 1. The average molecular weight is 290 g/mol. The van der Waals surface area contributed by atoms with Gasteiger partial charge in [-0.1, -0.05) is 30.7 Å². The second-order valence-corrected chi connectivity index (χ2v) is 6.21. The van der Waals surface area contributed by atoms with Crippen molar-refractivity contribution in [2.75, 3.05) is 33.3 Å². The number of likely N-dealkylation sites (tertiary alicyclic amines) is 1. The lowest BCUT2D eigenvalue weighted by atomic mass is 9.97. The molecule has 0 aliphatic carbocycles. The highest BCUT2D eigenvalue weighted by atomic mass is 16.5. The summed E-state index contributed by atoms with van der Waals surface area (Å²) in [6.07, 6.45) is 2.77. The Morgan fingerprint density at radius 1 is 1.29 bits per heavy atom. The molecule has 1 aromatic carbocycles. The van der Waals surface area contributed by atoms with Crippen LogP contribution in [0, 0.1) is 13.8 Å². The van der Waals surface area contributed by atoms with Gasteiger partial charge in [-0.05, 0) is 44.4 Å². The zero-order chi connectivity index (χ0) is 15.2. The number of hydrogen-bond donors (Lipinski definition) is 1. The van der Waals surface area contributed by atoms with Gasteiger partial charge in [0.15, 0.2) is 0 Å². The van der Waals surface area contributed by atoms with E-state index in [1.807, 2.05) is 7.11 Å². The predicted molar refractivity (Wildman–Crippen MR) is 88.8 cm³/mol. The third-order valence-corrected chi connectivity index (χ3v) is 4.56. The molecule has 0 saturated carbocycles. The fourth-order valence-electron chi connectivity index (χ4n) is 3.32. The molecule has 1 heterocycles. The summed E-state index contributed by atoms with van der Waals surface area (Å²) in [6, 6.07) is 7.23. The van der Waals surface area contributed by atoms with E-state index in [-0.39, 0.29) is 0 Å². The Morgan fingerprint density at radius 2 is 2.00 bits per heavy atom. The van der Waals surface area contributed by atoms with E-state index in [1.165, 1.54) is 16.7 Å². The molecule has 118 valence electrons. The molecule has 3 heteroatoms. The fraction of sp³-hybridized carbons (Fsp3) is 0.667. The van der Waals surface area contributed by atoms with Gasteiger partial charge in [-0.2, -0.15) is 0 Å². The Bertz CT molecular complexity index is 439. The van der Waals surface area contributed by atoms with Crippen molar-refractivity contribution >= 4 is 0 Å². The molecule has 2 rings (SSSR count). The van der Waals surface area contributed by atoms with Crippen LogP contribution in [0.4, 0.5) is 0 Å². The molecule has 21 heavy (non-hydrogen) atoms. The number of likely N-dealkylation sites (N-methyl/N-ethyl adjacent to an activating group) is 1. The molecule has 0 amide bonds. The second-order valence-electron chi connectivity index (χ2n) is 6.21. The summed E-state index contributed by atoms with van der Waals surface area (Å²) in [7, 11) is 1.83. The quantitative estimate of drug-likeness (QED) is 0.871. The highest BCUT2D eigenvalue weighted by molar-refractivity contribution is 5.33. The SMILES string of the molecule is CCNC(CN1CCC(OC)CC1)c1ccc(C)cc1C. The molecular formula is C18H30N2O. The van der Waals surface area contributed by atoms with Gasteiger partial charge in [0, 0.05) is 32.8 Å². The molecule has 1 fully saturated rings. The summed E-state index contributed by atoms with van der Waals surface area (Å²) in [5, 5.41) is 3.66. The van der Waals surface area contributed by atoms with Gasteiger partial charge in [-0.3, -0.25) is 0 Å². The molecule has 1 aromatic rings. The first-order valence-corrected chi connectivity index (χ1v) is 8.19. The van der Waals surface area contributed by atoms with E-state index in [0.717, 1.165) is 39.0 Å². The van der Waals surface area contributed by atoms with E-state index in [2.05, 4.69) is 49.2 Å². The van der Waals surface area contributed by atoms with E-state index in [1.54, 1.807) is 0 Å². The molecule has 1 aliphatic heterocycles. The molecule has 0 radical (unpaired) electrons. The van der Waals surface area contributed by atoms with Gasteiger partial charge in [0.25, 0.3) is 0 Å². The lowest BCUT2D eigenvalue weighted by Gasteiger charge is -2.34. The topological polar surface area (TPSA) is 24.5 Å². The maximum absolute atomic E-state index is 5.47. The number of methoxy groups -OCH3 is 1. The van der Waals surface area contributed by atoms with E-state index in [9.17, 15) is 0 Å². The van der Waals surface area contributed by atoms with E-state index in [4.69, 9.17) is 4.74 Å². The minimum Gasteiger partial charge on any atom is -0.381 e. The highest BCUT2D eigenvalue weighted by Crippen LogP contribution is 2.22. The van der Waals surface area contributed by atoms with Crippen molar-refractivity contribution in [2.24, 2.45) is 0 Å². The van der Waals surface area contributed by atoms with E-state index >= 15 is 0 Å². The maximum Gasteiger partial charge on any atom is 0.0595 e. The molecule has 1 N–H and O–H groups in total. The van der Waals surface area contributed by atoms with Gasteiger partial charge in [0.2, 0.25) is 0 Å². The third-order valence-electron chi connectivity index (χ3n) is 4.56. The van der Waals surface area contributed by atoms with Gasteiger partial charge in [0.1, 0.15) is 0 Å². The normalized spacial score (nSPS) is 18.9. The van der Waals surface area contributed by atoms with Crippen LogP contribution in [-0.2, 0) is 4.74 Å². The number of nitrogens with zero attached hydrogens (tertiary/aromatic N) is 1. The minimum absolute atomic E-state index is 0.426. The van der Waals surface area contributed by atoms with Crippen molar-refractivity contribution in [2.45, 2.75) is 45.8 Å². The van der Waals surface area contributed by atoms with Gasteiger partial charge in [-0.15, -0.1) is 0 Å². The Labute approximate surface area is 129 Å². The van der Waals surface area contributed by atoms with Crippen LogP contribution < -0.4 is 5.32 Å². The minimum atomic E-state index is 0.426. The van der Waals surface area contributed by atoms with Crippen LogP contribution >= 0.6 is 0 Å². The van der Waals surface area contributed by atoms with Crippen LogP contribution in [0.3, 0.4) is 0 Å². The monoisotopic (exact) mass is 290 g/mol. The molecule has 0 spiro atoms. The second kappa shape index (κ2) is 7.92. The average Bonchev–Trinajstić information content (AvgIpc) is 2.48. The van der Waals surface area contributed by atoms with Crippen molar-refractivity contribution in [1.29, 1.82) is 0 Å². The summed E-state index contributed by atoms with van der Waals surface area (Å²) in [5.41, 5.74) is 4.18. The first-order chi connectivity index (χ1) is 10.1. The summed E-state index contributed by atoms with van der Waals surface area (Å²) >= 11 is 0. The molecule has 1 atom stereocenters. The lowest BCUT2D eigenvalue weighted by molar-refractivity contribution is 0.0384. The number of hydrogen-bond acceptors (Lipinski definition) is 3. The number of aryl methyl sites for hydroxylation is 2. The van der Waals surface area contributed by atoms with Gasteiger partial charge >= 0.3 is 0 Å². The van der Waals surface area contributed by atoms with Crippen LogP contribution in [0.2, 0.25) is 0 Å². The largest absolute Gasteiger partial charge is 0.381 e. The van der Waals surface area contributed by atoms with Crippen LogP contribution in [-0.4, -0.2) is 44.3 Å². The fourth-order valence-corrected chi connectivity index (χ4v) is 3.32. The molecule has 0 aromatic heterocycles. The first kappa shape index (κ1) is 16.5. The van der Waals surface area contributed by atoms with Crippen molar-refractivity contribution in [1.82, 2.24) is 10.2 Å². The molecule has 3 nitrogen and oxygen atoms in total. The van der Waals surface area contributed by atoms with Crippen molar-refractivity contribution in [3.8, 4) is 0 Å². The van der Waals surface area contributed by atoms with Crippen molar-refractivity contribution in [3.63, 3.8) is 0 Å². The first-order valence-electron chi connectivity index (χ1n) is 8.19. The Kier molecular flexibility index (Phi) is 6.22. The highest BCUT2D eigenvalue weighted by Gasteiger charge is 2.22. The molecule has 1 saturated heterocycles. The van der Waals surface area contributed by atoms with E-state index < -0.39 is 0 Å². The standard InChI is InChI=1S/C18H30N2O/c1-5-19-18(17-7-6-14(2)12-15(17)3)13-20-10-8-16(21-4)9-11-20/h6-7,12,16,18-19H,5,8-11,13H2,1-4H3. The van der Waals surface area contributed by atoms with Crippen molar-refractivity contribution < 1.29 is 4.74 Å². The zero-order valence-corrected chi connectivity index (χ0v) is 14.0. The van der Waals surface area contributed by atoms with Gasteiger partial charge < -0.3 is 15.0 Å². The lowest BCUT2D eigenvalue weighted by Crippen LogP contribution is -2.41. The van der Waals surface area contributed by atoms with E-state index in [0.29, 0.717) is 12.1 Å². The number of ether oxygens (including phenoxy) is 1. The summed E-state index contributed by atoms with van der Waals surface area (Å²) in [6.45, 7) is 11.0. The zero-order valence-electron chi connectivity index (χ0n) is 14.0. The van der Waals surface area contributed by atoms with Crippen LogP contribution in [0.15, 0.2) is 18.2 Å². The third kappa shape index (κ3) is 4.53. The Morgan fingerprint density at radius 3 is 2.57 bits per heavy atom. The molecular weight excluding hydrogens is 260 g/mol. The number of rotatable bonds is 6. The number of nitrogens with one attached hydrogen (secondary N) is 1. The van der Waals surface area contributed by atoms with Gasteiger partial charge in [-0.25, -0.2) is 0 Å². The van der Waals surface area contributed by atoms with Crippen LogP contribution in [0.25, 0.3) is 0 Å². The molecule has 1 aliphatic rings. The number of benzene rings is 1. The summed E-state index contributed by atoms with van der Waals surface area (Å²) in [5.74, 6) is 0. The Hall–Kier alpha value is -0.900. The molecule has 0 bridgehead atoms. The van der Waals surface area contributed by atoms with Crippen LogP contribution in [0.1, 0.15) is 42.5 Å². The summed E-state index contributed by atoms with van der Waals surface area (Å²) < 4.78 is 5.47. The van der Waals surface area contributed by atoms with Crippen molar-refractivity contribution in [3.05, 3.63) is 34.9 Å². The maximum atomic E-state index is 5.47. The van der Waals surface area contributed by atoms with Gasteiger partial charge in [0.05, 0.1) is 6.10 Å². The molecule has 1 unspecified atom stereocenters. The smallest absolute Gasteiger partial charge is 0.0595 e. The van der Waals surface area contributed by atoms with Crippen LogP contribution in [0.5, 0.6) is 0 Å².